The van der Waals surface area contributed by atoms with Gasteiger partial charge < -0.3 is 10.2 Å². The number of nitrogens with zero attached hydrogens (tertiary/aromatic N) is 5. The maximum Gasteiger partial charge on any atom is 0.272 e. The van der Waals surface area contributed by atoms with Crippen LogP contribution in [0.15, 0.2) is 42.7 Å². The molecule has 1 aliphatic rings. The molecule has 0 atom stereocenters. The molecule has 2 aromatic heterocycles. The standard InChI is InChI=1S/C23H25FN6O2/c1-15-19(22(31)26-13-16-3-5-18(24)6-4-16)14-25-21(28-15)17-8-11-30(12-9-17)23(32)20-7-10-27-29(20)2/h3-7,10,14,17H,8-9,11-13H2,1-2H3,(H,26,31). The minimum atomic E-state index is -0.313. The summed E-state index contributed by atoms with van der Waals surface area (Å²) in [6, 6.07) is 7.71. The average Bonchev–Trinajstić information content (AvgIpc) is 3.24. The summed E-state index contributed by atoms with van der Waals surface area (Å²) in [6.07, 6.45) is 4.71. The van der Waals surface area contributed by atoms with E-state index in [0.29, 0.717) is 42.4 Å². The molecule has 3 heterocycles. The molecule has 0 spiro atoms. The van der Waals surface area contributed by atoms with Gasteiger partial charge in [0, 0.05) is 45.0 Å². The van der Waals surface area contributed by atoms with Crippen molar-refractivity contribution in [2.45, 2.75) is 32.2 Å². The van der Waals surface area contributed by atoms with E-state index in [9.17, 15) is 14.0 Å². The minimum absolute atomic E-state index is 0.0197. The van der Waals surface area contributed by atoms with Gasteiger partial charge in [0.05, 0.1) is 11.3 Å². The van der Waals surface area contributed by atoms with Gasteiger partial charge in [-0.25, -0.2) is 14.4 Å². The molecule has 3 aromatic rings. The van der Waals surface area contributed by atoms with Crippen LogP contribution in [0.2, 0.25) is 0 Å². The van der Waals surface area contributed by atoms with E-state index in [1.807, 2.05) is 4.90 Å². The topological polar surface area (TPSA) is 93.0 Å². The number of likely N-dealkylation sites (tertiary alicyclic amines) is 1. The van der Waals surface area contributed by atoms with Gasteiger partial charge in [-0.1, -0.05) is 12.1 Å². The summed E-state index contributed by atoms with van der Waals surface area (Å²) >= 11 is 0. The van der Waals surface area contributed by atoms with Crippen LogP contribution in [0.1, 0.15) is 56.7 Å². The summed E-state index contributed by atoms with van der Waals surface area (Å²) in [5.74, 6) is 0.238. The van der Waals surface area contributed by atoms with E-state index >= 15 is 0 Å². The predicted molar refractivity (Wildman–Crippen MR) is 115 cm³/mol. The molecule has 1 saturated heterocycles. The molecule has 0 unspecified atom stereocenters. The van der Waals surface area contributed by atoms with Crippen LogP contribution < -0.4 is 5.32 Å². The molecule has 8 nitrogen and oxygen atoms in total. The van der Waals surface area contributed by atoms with Crippen LogP contribution >= 0.6 is 0 Å². The Hall–Kier alpha value is -3.62. The maximum atomic E-state index is 13.0. The maximum absolute atomic E-state index is 13.0. The van der Waals surface area contributed by atoms with Crippen molar-refractivity contribution in [1.29, 1.82) is 0 Å². The Morgan fingerprint density at radius 3 is 2.50 bits per heavy atom. The Morgan fingerprint density at radius 2 is 1.88 bits per heavy atom. The molecule has 0 saturated carbocycles. The van der Waals surface area contributed by atoms with E-state index in [1.165, 1.54) is 12.1 Å². The summed E-state index contributed by atoms with van der Waals surface area (Å²) < 4.78 is 14.6. The number of benzene rings is 1. The number of carbonyl (C=O) groups excluding carboxylic acids is 2. The fraction of sp³-hybridized carbons (Fsp3) is 0.348. The van der Waals surface area contributed by atoms with E-state index in [2.05, 4.69) is 20.4 Å². The van der Waals surface area contributed by atoms with Gasteiger partial charge in [0.2, 0.25) is 0 Å². The first kappa shape index (κ1) is 21.6. The lowest BCUT2D eigenvalue weighted by molar-refractivity contribution is 0.0699. The zero-order valence-corrected chi connectivity index (χ0v) is 18.1. The van der Waals surface area contributed by atoms with E-state index in [4.69, 9.17) is 0 Å². The molecular formula is C23H25FN6O2. The highest BCUT2D eigenvalue weighted by atomic mass is 19.1. The number of hydrogen-bond donors (Lipinski definition) is 1. The number of aromatic nitrogens is 4. The quantitative estimate of drug-likeness (QED) is 0.664. The van der Waals surface area contributed by atoms with Crippen molar-refractivity contribution in [3.63, 3.8) is 0 Å². The highest BCUT2D eigenvalue weighted by molar-refractivity contribution is 5.94. The molecule has 32 heavy (non-hydrogen) atoms. The van der Waals surface area contributed by atoms with Crippen LogP contribution in [-0.4, -0.2) is 49.6 Å². The third kappa shape index (κ3) is 4.66. The molecule has 1 fully saturated rings. The highest BCUT2D eigenvalue weighted by Crippen LogP contribution is 2.26. The summed E-state index contributed by atoms with van der Waals surface area (Å²) in [7, 11) is 1.76. The molecule has 4 rings (SSSR count). The van der Waals surface area contributed by atoms with Gasteiger partial charge in [-0.05, 0) is 43.5 Å². The summed E-state index contributed by atoms with van der Waals surface area (Å²) in [5.41, 5.74) is 2.41. The van der Waals surface area contributed by atoms with Crippen molar-refractivity contribution in [1.82, 2.24) is 30.0 Å². The van der Waals surface area contributed by atoms with Crippen LogP contribution in [0, 0.1) is 12.7 Å². The van der Waals surface area contributed by atoms with Gasteiger partial charge in [0.25, 0.3) is 11.8 Å². The average molecular weight is 436 g/mol. The zero-order valence-electron chi connectivity index (χ0n) is 18.1. The zero-order chi connectivity index (χ0) is 22.7. The third-order valence-corrected chi connectivity index (χ3v) is 5.80. The fourth-order valence-electron chi connectivity index (χ4n) is 3.87. The molecule has 0 aliphatic carbocycles. The molecule has 1 aromatic carbocycles. The molecular weight excluding hydrogens is 411 g/mol. The normalized spacial score (nSPS) is 14.4. The van der Waals surface area contributed by atoms with Crippen molar-refractivity contribution < 1.29 is 14.0 Å². The second-order valence-corrected chi connectivity index (χ2v) is 7.94. The number of carbonyl (C=O) groups is 2. The van der Waals surface area contributed by atoms with Crippen LogP contribution in [-0.2, 0) is 13.6 Å². The molecule has 2 amide bonds. The van der Waals surface area contributed by atoms with Crippen molar-refractivity contribution in [2.75, 3.05) is 13.1 Å². The van der Waals surface area contributed by atoms with Crippen molar-refractivity contribution in [3.05, 3.63) is 76.9 Å². The lowest BCUT2D eigenvalue weighted by Gasteiger charge is -2.31. The SMILES string of the molecule is Cc1nc(C2CCN(C(=O)c3ccnn3C)CC2)ncc1C(=O)NCc1ccc(F)cc1. The molecule has 0 radical (unpaired) electrons. The number of rotatable bonds is 5. The predicted octanol–water partition coefficient (Wildman–Crippen LogP) is 2.61. The minimum Gasteiger partial charge on any atom is -0.348 e. The first-order valence-corrected chi connectivity index (χ1v) is 10.6. The fourth-order valence-corrected chi connectivity index (χ4v) is 3.87. The molecule has 1 aliphatic heterocycles. The number of aryl methyl sites for hydroxylation is 2. The van der Waals surface area contributed by atoms with Crippen molar-refractivity contribution in [3.8, 4) is 0 Å². The van der Waals surface area contributed by atoms with E-state index in [-0.39, 0.29) is 23.5 Å². The molecule has 166 valence electrons. The van der Waals surface area contributed by atoms with Gasteiger partial charge in [0.15, 0.2) is 0 Å². The Balaban J connectivity index is 1.35. The van der Waals surface area contributed by atoms with Crippen LogP contribution in [0.5, 0.6) is 0 Å². The van der Waals surface area contributed by atoms with Crippen molar-refractivity contribution >= 4 is 11.8 Å². The number of halogens is 1. The first-order valence-electron chi connectivity index (χ1n) is 10.6. The smallest absolute Gasteiger partial charge is 0.272 e. The van der Waals surface area contributed by atoms with Crippen LogP contribution in [0.25, 0.3) is 0 Å². The van der Waals surface area contributed by atoms with E-state index in [1.54, 1.807) is 49.2 Å². The Kier molecular flexibility index (Phi) is 6.25. The first-order chi connectivity index (χ1) is 15.4. The summed E-state index contributed by atoms with van der Waals surface area (Å²) in [6.45, 7) is 3.33. The number of nitrogens with one attached hydrogen (secondary N) is 1. The number of amides is 2. The van der Waals surface area contributed by atoms with Gasteiger partial charge in [-0.2, -0.15) is 5.10 Å². The molecule has 1 N–H and O–H groups in total. The lowest BCUT2D eigenvalue weighted by atomic mass is 9.95. The number of hydrogen-bond acceptors (Lipinski definition) is 5. The number of piperidine rings is 1. The van der Waals surface area contributed by atoms with Crippen LogP contribution in [0.3, 0.4) is 0 Å². The van der Waals surface area contributed by atoms with E-state index in [0.717, 1.165) is 18.4 Å². The summed E-state index contributed by atoms with van der Waals surface area (Å²) in [5, 5.41) is 6.88. The van der Waals surface area contributed by atoms with Crippen molar-refractivity contribution in [2.24, 2.45) is 7.05 Å². The Bertz CT molecular complexity index is 1120. The van der Waals surface area contributed by atoms with Crippen LogP contribution in [0.4, 0.5) is 4.39 Å². The third-order valence-electron chi connectivity index (χ3n) is 5.80. The van der Waals surface area contributed by atoms with Gasteiger partial charge in [0.1, 0.15) is 17.3 Å². The monoisotopic (exact) mass is 436 g/mol. The van der Waals surface area contributed by atoms with Gasteiger partial charge in [-0.15, -0.1) is 0 Å². The second kappa shape index (κ2) is 9.25. The van der Waals surface area contributed by atoms with Gasteiger partial charge >= 0.3 is 0 Å². The van der Waals surface area contributed by atoms with Gasteiger partial charge in [-0.3, -0.25) is 14.3 Å². The summed E-state index contributed by atoms with van der Waals surface area (Å²) in [4.78, 5) is 36.0. The lowest BCUT2D eigenvalue weighted by Crippen LogP contribution is -2.39. The molecule has 0 bridgehead atoms. The Morgan fingerprint density at radius 1 is 1.16 bits per heavy atom. The molecule has 9 heteroatoms. The largest absolute Gasteiger partial charge is 0.348 e. The second-order valence-electron chi connectivity index (χ2n) is 7.94. The highest BCUT2D eigenvalue weighted by Gasteiger charge is 2.27. The Labute approximate surface area is 185 Å². The van der Waals surface area contributed by atoms with E-state index < -0.39 is 0 Å².